The molecule has 0 spiro atoms. The third-order valence-electron chi connectivity index (χ3n) is 2.92. The van der Waals surface area contributed by atoms with Crippen molar-refractivity contribution in [1.82, 2.24) is 0 Å². The summed E-state index contributed by atoms with van der Waals surface area (Å²) in [6.07, 6.45) is 0. The van der Waals surface area contributed by atoms with Crippen molar-refractivity contribution in [3.05, 3.63) is 47.8 Å². The Morgan fingerprint density at radius 2 is 1.75 bits per heavy atom. The van der Waals surface area contributed by atoms with Crippen LogP contribution >= 0.6 is 0 Å². The van der Waals surface area contributed by atoms with Crippen LogP contribution in [0.2, 0.25) is 0 Å². The van der Waals surface area contributed by atoms with Crippen molar-refractivity contribution in [3.63, 3.8) is 0 Å². The van der Waals surface area contributed by atoms with E-state index in [0.29, 0.717) is 5.56 Å². The second-order valence-corrected chi connectivity index (χ2v) is 4.04. The number of rotatable bonds is 4. The van der Waals surface area contributed by atoms with E-state index in [1.54, 1.807) is 12.1 Å². The first kappa shape index (κ1) is 13.9. The molecular formula is C15H13FO4. The van der Waals surface area contributed by atoms with Gasteiger partial charge in [0.1, 0.15) is 5.75 Å². The summed E-state index contributed by atoms with van der Waals surface area (Å²) in [5.74, 6) is -1.18. The zero-order valence-corrected chi connectivity index (χ0v) is 11.0. The highest BCUT2D eigenvalue weighted by molar-refractivity contribution is 5.89. The zero-order chi connectivity index (χ0) is 14.7. The van der Waals surface area contributed by atoms with Gasteiger partial charge in [-0.1, -0.05) is 12.1 Å². The molecule has 0 saturated heterocycles. The minimum Gasteiger partial charge on any atom is -0.496 e. The second kappa shape index (κ2) is 5.61. The molecule has 0 unspecified atom stereocenters. The molecule has 0 aromatic heterocycles. The van der Waals surface area contributed by atoms with Crippen LogP contribution < -0.4 is 9.47 Å². The molecule has 5 heteroatoms. The van der Waals surface area contributed by atoms with E-state index in [1.807, 2.05) is 0 Å². The molecule has 1 N–H and O–H groups in total. The Labute approximate surface area is 115 Å². The maximum atomic E-state index is 14.2. The van der Waals surface area contributed by atoms with Crippen molar-refractivity contribution in [1.29, 1.82) is 0 Å². The van der Waals surface area contributed by atoms with Crippen molar-refractivity contribution in [2.75, 3.05) is 14.2 Å². The first-order valence-electron chi connectivity index (χ1n) is 5.82. The quantitative estimate of drug-likeness (QED) is 0.931. The van der Waals surface area contributed by atoms with Crippen LogP contribution in [0, 0.1) is 5.82 Å². The smallest absolute Gasteiger partial charge is 0.335 e. The van der Waals surface area contributed by atoms with E-state index in [0.717, 1.165) is 0 Å². The number of aromatic carboxylic acids is 1. The number of ether oxygens (including phenoxy) is 2. The molecule has 0 amide bonds. The lowest BCUT2D eigenvalue weighted by molar-refractivity contribution is 0.0696. The van der Waals surface area contributed by atoms with Crippen LogP contribution in [0.4, 0.5) is 4.39 Å². The Morgan fingerprint density at radius 3 is 2.35 bits per heavy atom. The summed E-state index contributed by atoms with van der Waals surface area (Å²) in [6.45, 7) is 0. The highest BCUT2D eigenvalue weighted by Gasteiger charge is 2.16. The summed E-state index contributed by atoms with van der Waals surface area (Å²) in [5.41, 5.74) is 0.834. The summed E-state index contributed by atoms with van der Waals surface area (Å²) < 4.78 is 24.3. The van der Waals surface area contributed by atoms with Gasteiger partial charge < -0.3 is 14.6 Å². The molecule has 0 aliphatic carbocycles. The minimum absolute atomic E-state index is 0.0777. The average Bonchev–Trinajstić information content (AvgIpc) is 2.47. The van der Waals surface area contributed by atoms with E-state index in [1.165, 1.54) is 38.5 Å². The lowest BCUT2D eigenvalue weighted by Gasteiger charge is -2.12. The molecule has 0 fully saturated rings. The van der Waals surface area contributed by atoms with E-state index >= 15 is 0 Å². The molecule has 0 bridgehead atoms. The van der Waals surface area contributed by atoms with Crippen LogP contribution in [-0.2, 0) is 0 Å². The minimum atomic E-state index is -1.07. The third-order valence-corrected chi connectivity index (χ3v) is 2.92. The molecule has 0 radical (unpaired) electrons. The van der Waals surface area contributed by atoms with E-state index in [2.05, 4.69) is 0 Å². The standard InChI is InChI=1S/C15H13FO4/c1-19-12-5-3-4-11(14(12)16)10-7-6-9(15(17)18)8-13(10)20-2/h3-8H,1-2H3,(H,17,18). The van der Waals surface area contributed by atoms with Gasteiger partial charge in [0.15, 0.2) is 11.6 Å². The van der Waals surface area contributed by atoms with Crippen LogP contribution in [0.15, 0.2) is 36.4 Å². The molecule has 2 aromatic rings. The van der Waals surface area contributed by atoms with Crippen LogP contribution in [0.25, 0.3) is 11.1 Å². The lowest BCUT2D eigenvalue weighted by Crippen LogP contribution is -1.99. The monoisotopic (exact) mass is 276 g/mol. The van der Waals surface area contributed by atoms with Crippen molar-refractivity contribution < 1.29 is 23.8 Å². The molecule has 0 atom stereocenters. The number of methoxy groups -OCH3 is 2. The number of carboxylic acids is 1. The summed E-state index contributed by atoms with van der Waals surface area (Å²) in [5, 5.41) is 8.95. The summed E-state index contributed by atoms with van der Waals surface area (Å²) >= 11 is 0. The fraction of sp³-hybridized carbons (Fsp3) is 0.133. The van der Waals surface area contributed by atoms with Gasteiger partial charge in [-0.2, -0.15) is 0 Å². The van der Waals surface area contributed by atoms with Gasteiger partial charge in [0.25, 0.3) is 0 Å². The van der Waals surface area contributed by atoms with Gasteiger partial charge in [-0.15, -0.1) is 0 Å². The SMILES string of the molecule is COc1cc(C(=O)O)ccc1-c1cccc(OC)c1F. The van der Waals surface area contributed by atoms with E-state index in [4.69, 9.17) is 14.6 Å². The normalized spacial score (nSPS) is 10.2. The Balaban J connectivity index is 2.61. The van der Waals surface area contributed by atoms with Crippen molar-refractivity contribution in [3.8, 4) is 22.6 Å². The van der Waals surface area contributed by atoms with Crippen LogP contribution in [-0.4, -0.2) is 25.3 Å². The second-order valence-electron chi connectivity index (χ2n) is 4.04. The molecule has 20 heavy (non-hydrogen) atoms. The average molecular weight is 276 g/mol. The Morgan fingerprint density at radius 1 is 1.05 bits per heavy atom. The number of benzene rings is 2. The number of halogens is 1. The summed E-state index contributed by atoms with van der Waals surface area (Å²) in [4.78, 5) is 10.9. The summed E-state index contributed by atoms with van der Waals surface area (Å²) in [6, 6.07) is 9.02. The molecule has 0 aliphatic heterocycles. The van der Waals surface area contributed by atoms with Crippen molar-refractivity contribution >= 4 is 5.97 Å². The van der Waals surface area contributed by atoms with Gasteiger partial charge in [-0.05, 0) is 24.3 Å². The van der Waals surface area contributed by atoms with E-state index in [-0.39, 0.29) is 22.6 Å². The van der Waals surface area contributed by atoms with Gasteiger partial charge in [0.2, 0.25) is 0 Å². The Hall–Kier alpha value is -2.56. The Kier molecular flexibility index (Phi) is 3.89. The fourth-order valence-corrected chi connectivity index (χ4v) is 1.92. The zero-order valence-electron chi connectivity index (χ0n) is 11.0. The highest BCUT2D eigenvalue weighted by Crippen LogP contribution is 2.35. The topological polar surface area (TPSA) is 55.8 Å². The van der Waals surface area contributed by atoms with E-state index in [9.17, 15) is 9.18 Å². The maximum Gasteiger partial charge on any atom is 0.335 e. The van der Waals surface area contributed by atoms with Gasteiger partial charge in [0, 0.05) is 11.1 Å². The molecule has 0 saturated carbocycles. The van der Waals surface area contributed by atoms with Crippen LogP contribution in [0.5, 0.6) is 11.5 Å². The molecular weight excluding hydrogens is 263 g/mol. The van der Waals surface area contributed by atoms with Crippen LogP contribution in [0.1, 0.15) is 10.4 Å². The number of hydrogen-bond acceptors (Lipinski definition) is 3. The molecule has 104 valence electrons. The van der Waals surface area contributed by atoms with Crippen molar-refractivity contribution in [2.24, 2.45) is 0 Å². The largest absolute Gasteiger partial charge is 0.496 e. The molecule has 0 heterocycles. The number of carboxylic acid groups (broad SMARTS) is 1. The number of hydrogen-bond donors (Lipinski definition) is 1. The predicted molar refractivity (Wildman–Crippen MR) is 71.9 cm³/mol. The Bertz CT molecular complexity index is 652. The lowest BCUT2D eigenvalue weighted by atomic mass is 10.0. The summed E-state index contributed by atoms with van der Waals surface area (Å²) in [7, 11) is 2.79. The van der Waals surface area contributed by atoms with Crippen molar-refractivity contribution in [2.45, 2.75) is 0 Å². The van der Waals surface area contributed by atoms with Gasteiger partial charge >= 0.3 is 5.97 Å². The van der Waals surface area contributed by atoms with Gasteiger partial charge in [0.05, 0.1) is 19.8 Å². The molecule has 2 aromatic carbocycles. The predicted octanol–water partition coefficient (Wildman–Crippen LogP) is 3.21. The maximum absolute atomic E-state index is 14.2. The first-order valence-corrected chi connectivity index (χ1v) is 5.82. The van der Waals surface area contributed by atoms with E-state index < -0.39 is 11.8 Å². The molecule has 0 aliphatic rings. The van der Waals surface area contributed by atoms with Crippen LogP contribution in [0.3, 0.4) is 0 Å². The van der Waals surface area contributed by atoms with Gasteiger partial charge in [-0.25, -0.2) is 9.18 Å². The molecule has 4 nitrogen and oxygen atoms in total. The molecule has 2 rings (SSSR count). The highest BCUT2D eigenvalue weighted by atomic mass is 19.1. The number of carbonyl (C=O) groups is 1. The fourth-order valence-electron chi connectivity index (χ4n) is 1.92. The van der Waals surface area contributed by atoms with Gasteiger partial charge in [-0.3, -0.25) is 0 Å². The third kappa shape index (κ3) is 2.42. The first-order chi connectivity index (χ1) is 9.58.